The molecule has 8 aromatic carbocycles. The van der Waals surface area contributed by atoms with Gasteiger partial charge >= 0.3 is 0 Å². The Morgan fingerprint density at radius 3 is 1.78 bits per heavy atom. The molecular weight excluding hydrogens is 802 g/mol. The summed E-state index contributed by atoms with van der Waals surface area (Å²) in [4.78, 5) is 2.52. The van der Waals surface area contributed by atoms with E-state index in [2.05, 4.69) is 253 Å². The molecule has 2 aliphatic rings. The third-order valence-corrected chi connectivity index (χ3v) is 17.8. The summed E-state index contributed by atoms with van der Waals surface area (Å²) in [6, 6.07) is 67.6. The second-order valence-corrected chi connectivity index (χ2v) is 22.0. The van der Waals surface area contributed by atoms with Crippen LogP contribution in [0.2, 0.25) is 0 Å². The predicted molar refractivity (Wildman–Crippen MR) is 284 cm³/mol. The average Bonchev–Trinajstić information content (AvgIpc) is 3.33. The Bertz CT molecular complexity index is 3220. The number of aryl methyl sites for hydroxylation is 2. The van der Waals surface area contributed by atoms with E-state index in [9.17, 15) is 0 Å². The van der Waals surface area contributed by atoms with Gasteiger partial charge in [0.15, 0.2) is 0 Å². The van der Waals surface area contributed by atoms with Crippen molar-refractivity contribution in [1.82, 2.24) is 0 Å². The van der Waals surface area contributed by atoms with Crippen LogP contribution in [0, 0.1) is 20.8 Å². The van der Waals surface area contributed by atoms with Crippen molar-refractivity contribution in [3.05, 3.63) is 244 Å². The third kappa shape index (κ3) is 7.37. The second-order valence-electron chi connectivity index (χ2n) is 18.7. The summed E-state index contributed by atoms with van der Waals surface area (Å²) < 4.78 is 0. The Balaban J connectivity index is 1.07. The van der Waals surface area contributed by atoms with E-state index in [1.54, 1.807) is 0 Å². The normalized spacial score (nSPS) is 15.2. The maximum Gasteiger partial charge on any atom is 0.0505 e. The molecule has 10 rings (SSSR count). The van der Waals surface area contributed by atoms with Crippen molar-refractivity contribution in [2.75, 3.05) is 11.6 Å². The summed E-state index contributed by atoms with van der Waals surface area (Å²) >= 11 is 0. The van der Waals surface area contributed by atoms with Crippen LogP contribution in [0.4, 0.5) is 17.1 Å². The van der Waals surface area contributed by atoms with Crippen molar-refractivity contribution in [1.29, 1.82) is 0 Å². The van der Waals surface area contributed by atoms with E-state index in [1.165, 1.54) is 105 Å². The predicted octanol–water partition coefficient (Wildman–Crippen LogP) is 16.8. The largest absolute Gasteiger partial charge is 0.310 e. The first-order valence-corrected chi connectivity index (χ1v) is 25.6. The molecule has 65 heavy (non-hydrogen) atoms. The van der Waals surface area contributed by atoms with E-state index in [-0.39, 0.29) is 5.41 Å². The molecule has 1 nitrogen and oxygen atoms in total. The molecule has 2 heteroatoms. The summed E-state index contributed by atoms with van der Waals surface area (Å²) in [5.74, 6) is 2.64. The van der Waals surface area contributed by atoms with E-state index in [1.807, 2.05) is 0 Å². The Morgan fingerprint density at radius 1 is 0.508 bits per heavy atom. The SMILES string of the molecule is CCCc1ccccc1-c1cccc(-c2cccc(C3=CP4(C)=C(C=C3)c3ccc(N(c5ccc(-c6ccccc6)cc5)c5cccc(C)c5C(C)(C)c5ccccc5)cc34)c2C)c1C. The van der Waals surface area contributed by atoms with Gasteiger partial charge in [-0.3, -0.25) is 0 Å². The van der Waals surface area contributed by atoms with Crippen LogP contribution in [-0.4, -0.2) is 12.0 Å². The lowest BCUT2D eigenvalue weighted by Gasteiger charge is -2.40. The maximum atomic E-state index is 2.64. The van der Waals surface area contributed by atoms with Gasteiger partial charge in [0.1, 0.15) is 0 Å². The van der Waals surface area contributed by atoms with Crippen LogP contribution < -0.4 is 10.2 Å². The summed E-state index contributed by atoms with van der Waals surface area (Å²) in [6.45, 7) is 14.6. The van der Waals surface area contributed by atoms with Crippen molar-refractivity contribution >= 4 is 40.1 Å². The molecule has 0 saturated carbocycles. The van der Waals surface area contributed by atoms with E-state index >= 15 is 0 Å². The molecule has 0 radical (unpaired) electrons. The van der Waals surface area contributed by atoms with Gasteiger partial charge in [0.25, 0.3) is 0 Å². The lowest BCUT2D eigenvalue weighted by molar-refractivity contribution is 0.636. The number of hydrogen-bond acceptors (Lipinski definition) is 1. The van der Waals surface area contributed by atoms with Gasteiger partial charge in [-0.1, -0.05) is 198 Å². The standard InChI is InChI=1S/C63H58NP/c1-8-20-48-24-15-16-27-57(48)56-31-19-30-55(45(56)4)54-29-18-28-53(44(54)3)49-35-40-60-58-39-38-52(41-61(58)65(60,7)42-49)64(51-36-33-47(34-37-51)46-22-11-9-12-23-46)59-32-17-21-43(2)62(59)63(5,6)50-25-13-10-14-26-50/h9-19,21-42H,8,20H2,1-7H3. The quantitative estimate of drug-likeness (QED) is 0.117. The molecule has 1 atom stereocenters. The highest BCUT2D eigenvalue weighted by Crippen LogP contribution is 2.59. The van der Waals surface area contributed by atoms with Gasteiger partial charge in [0.05, 0.1) is 5.69 Å². The molecule has 0 aromatic heterocycles. The number of rotatable bonds is 11. The number of allylic oxidation sites excluding steroid dienone is 3. The molecular formula is C63H58NP. The molecule has 0 fully saturated rings. The van der Waals surface area contributed by atoms with Crippen molar-refractivity contribution in [3.8, 4) is 33.4 Å². The molecule has 2 aliphatic heterocycles. The molecule has 0 amide bonds. The van der Waals surface area contributed by atoms with E-state index in [4.69, 9.17) is 0 Å². The summed E-state index contributed by atoms with van der Waals surface area (Å²) in [7, 11) is 0. The minimum atomic E-state index is -1.79. The molecule has 320 valence electrons. The molecule has 0 saturated heterocycles. The van der Waals surface area contributed by atoms with E-state index in [0.29, 0.717) is 0 Å². The second kappa shape index (κ2) is 17.0. The summed E-state index contributed by atoms with van der Waals surface area (Å²) in [5, 5.41) is 2.96. The minimum absolute atomic E-state index is 0.248. The van der Waals surface area contributed by atoms with Crippen LogP contribution in [0.1, 0.15) is 71.7 Å². The van der Waals surface area contributed by atoms with E-state index < -0.39 is 6.89 Å². The van der Waals surface area contributed by atoms with Gasteiger partial charge in [-0.2, -0.15) is 0 Å². The van der Waals surface area contributed by atoms with Crippen LogP contribution >= 0.6 is 6.89 Å². The monoisotopic (exact) mass is 859 g/mol. The molecule has 2 heterocycles. The van der Waals surface area contributed by atoms with Gasteiger partial charge < -0.3 is 4.90 Å². The van der Waals surface area contributed by atoms with Crippen LogP contribution in [0.5, 0.6) is 0 Å². The van der Waals surface area contributed by atoms with Gasteiger partial charge in [-0.25, -0.2) is 0 Å². The molecule has 8 aromatic rings. The molecule has 1 unspecified atom stereocenters. The van der Waals surface area contributed by atoms with Crippen LogP contribution in [0.3, 0.4) is 0 Å². The number of benzene rings is 8. The minimum Gasteiger partial charge on any atom is -0.310 e. The fourth-order valence-electron chi connectivity index (χ4n) is 10.9. The molecule has 0 bridgehead atoms. The van der Waals surface area contributed by atoms with Gasteiger partial charge in [-0.05, 0) is 164 Å². The Labute approximate surface area is 387 Å². The van der Waals surface area contributed by atoms with Crippen LogP contribution in [-0.2, 0) is 11.8 Å². The Hall–Kier alpha value is -6.66. The molecule has 0 aliphatic carbocycles. The third-order valence-electron chi connectivity index (χ3n) is 14.3. The van der Waals surface area contributed by atoms with Gasteiger partial charge in [0.2, 0.25) is 0 Å². The van der Waals surface area contributed by atoms with Gasteiger partial charge in [-0.15, -0.1) is 0 Å². The highest BCUT2D eigenvalue weighted by molar-refractivity contribution is 7.88. The zero-order valence-electron chi connectivity index (χ0n) is 38.9. The number of fused-ring (bicyclic) bond motifs is 3. The van der Waals surface area contributed by atoms with Crippen LogP contribution in [0.15, 0.2) is 200 Å². The van der Waals surface area contributed by atoms with Crippen molar-refractivity contribution in [2.24, 2.45) is 0 Å². The summed E-state index contributed by atoms with van der Waals surface area (Å²) in [5.41, 5.74) is 23.0. The number of nitrogens with zero attached hydrogens (tertiary/aromatic N) is 1. The number of anilines is 3. The Morgan fingerprint density at radius 2 is 1.08 bits per heavy atom. The highest BCUT2D eigenvalue weighted by atomic mass is 31.2. The zero-order valence-corrected chi connectivity index (χ0v) is 39.8. The summed E-state index contributed by atoms with van der Waals surface area (Å²) in [6.07, 6.45) is 7.01. The first kappa shape index (κ1) is 42.3. The first-order valence-electron chi connectivity index (χ1n) is 23.3. The van der Waals surface area contributed by atoms with Crippen molar-refractivity contribution in [3.63, 3.8) is 0 Å². The molecule has 0 N–H and O–H groups in total. The van der Waals surface area contributed by atoms with Crippen molar-refractivity contribution < 1.29 is 0 Å². The number of hydrogen-bond donors (Lipinski definition) is 0. The van der Waals surface area contributed by atoms with E-state index in [0.717, 1.165) is 18.5 Å². The average molecular weight is 860 g/mol. The maximum absolute atomic E-state index is 2.64. The fourth-order valence-corrected chi connectivity index (χ4v) is 14.2. The zero-order chi connectivity index (χ0) is 44.9. The lowest BCUT2D eigenvalue weighted by atomic mass is 9.75. The van der Waals surface area contributed by atoms with Crippen molar-refractivity contribution in [2.45, 2.75) is 59.8 Å². The Kier molecular flexibility index (Phi) is 11.1. The smallest absolute Gasteiger partial charge is 0.0505 e. The van der Waals surface area contributed by atoms with Crippen LogP contribution in [0.25, 0.3) is 39.0 Å². The van der Waals surface area contributed by atoms with Gasteiger partial charge in [0, 0.05) is 16.8 Å². The lowest BCUT2D eigenvalue weighted by Crippen LogP contribution is -2.30. The fraction of sp³-hybridized carbons (Fsp3) is 0.159. The molecule has 0 spiro atoms. The topological polar surface area (TPSA) is 3.24 Å². The first-order chi connectivity index (χ1) is 31.6. The highest BCUT2D eigenvalue weighted by Gasteiger charge is 2.36.